The second kappa shape index (κ2) is 6.60. The van der Waals surface area contributed by atoms with Gasteiger partial charge in [-0.3, -0.25) is 4.79 Å². The molecule has 0 heterocycles. The van der Waals surface area contributed by atoms with E-state index in [-0.39, 0.29) is 17.8 Å². The fraction of sp³-hybridized carbons (Fsp3) is 0.750. The number of carbonyl (C=O) groups is 2. The number of ketones is 1. The maximum atomic E-state index is 11.8. The summed E-state index contributed by atoms with van der Waals surface area (Å²) < 4.78 is 0. The number of allylic oxidation sites excluding steroid dienone is 4. The monoisotopic (exact) mass is 370 g/mol. The lowest BCUT2D eigenvalue weighted by atomic mass is 9.48. The van der Waals surface area contributed by atoms with E-state index in [1.807, 2.05) is 0 Å². The first kappa shape index (κ1) is 19.0. The van der Waals surface area contributed by atoms with Crippen LogP contribution in [-0.2, 0) is 9.59 Å². The van der Waals surface area contributed by atoms with Crippen LogP contribution in [0.1, 0.15) is 72.1 Å². The van der Waals surface area contributed by atoms with Crippen LogP contribution in [0.15, 0.2) is 23.8 Å². The molecule has 0 amide bonds. The summed E-state index contributed by atoms with van der Waals surface area (Å²) in [5.41, 5.74) is 2.17. The topological polar surface area (TPSA) is 54.4 Å². The van der Waals surface area contributed by atoms with E-state index < -0.39 is 11.8 Å². The maximum absolute atomic E-state index is 11.8. The SMILES string of the molecule is C[C@H](CC(=O)C(=O)O)[C@H]1CC[C@H]2[C@@H]3C=CC4=CCCC[C@]4(C)[C@H]3CC[C@]12C. The number of Topliss-reactive ketones (excluding diaryl/α,β-unsaturated/α-hetero) is 1. The first-order chi connectivity index (χ1) is 12.8. The van der Waals surface area contributed by atoms with Crippen LogP contribution >= 0.6 is 0 Å². The molecule has 148 valence electrons. The van der Waals surface area contributed by atoms with Crippen molar-refractivity contribution in [1.29, 1.82) is 0 Å². The third-order valence-corrected chi connectivity index (χ3v) is 9.08. The molecule has 0 aromatic heterocycles. The number of carboxylic acid groups (broad SMARTS) is 1. The summed E-state index contributed by atoms with van der Waals surface area (Å²) in [7, 11) is 0. The zero-order chi connectivity index (χ0) is 19.4. The number of aliphatic carboxylic acids is 1. The average molecular weight is 371 g/mol. The molecule has 0 saturated heterocycles. The molecule has 4 rings (SSSR count). The summed E-state index contributed by atoms with van der Waals surface area (Å²) >= 11 is 0. The molecule has 3 nitrogen and oxygen atoms in total. The van der Waals surface area contributed by atoms with Crippen molar-refractivity contribution in [3.63, 3.8) is 0 Å². The van der Waals surface area contributed by atoms with Crippen molar-refractivity contribution in [2.45, 2.75) is 72.1 Å². The van der Waals surface area contributed by atoms with Crippen LogP contribution in [0.4, 0.5) is 0 Å². The molecule has 7 atom stereocenters. The minimum atomic E-state index is -1.27. The zero-order valence-electron chi connectivity index (χ0n) is 17.0. The lowest BCUT2D eigenvalue weighted by Crippen LogP contribution is -2.49. The third-order valence-electron chi connectivity index (χ3n) is 9.08. The minimum absolute atomic E-state index is 0.161. The van der Waals surface area contributed by atoms with E-state index in [1.54, 1.807) is 5.57 Å². The van der Waals surface area contributed by atoms with Crippen molar-refractivity contribution in [3.05, 3.63) is 23.8 Å². The van der Waals surface area contributed by atoms with E-state index in [9.17, 15) is 9.59 Å². The van der Waals surface area contributed by atoms with E-state index in [0.717, 1.165) is 12.3 Å². The van der Waals surface area contributed by atoms with Crippen molar-refractivity contribution >= 4 is 11.8 Å². The molecule has 0 aromatic rings. The molecule has 0 aliphatic heterocycles. The predicted octanol–water partition coefficient (Wildman–Crippen LogP) is 5.41. The van der Waals surface area contributed by atoms with Gasteiger partial charge in [-0.2, -0.15) is 0 Å². The quantitative estimate of drug-likeness (QED) is 0.673. The van der Waals surface area contributed by atoms with Gasteiger partial charge in [-0.15, -0.1) is 0 Å². The Hall–Kier alpha value is -1.38. The van der Waals surface area contributed by atoms with E-state index in [1.165, 1.54) is 38.5 Å². The molecule has 0 bridgehead atoms. The molecule has 4 aliphatic rings. The van der Waals surface area contributed by atoms with Gasteiger partial charge in [-0.05, 0) is 90.9 Å². The second-order valence-corrected chi connectivity index (χ2v) is 10.3. The van der Waals surface area contributed by atoms with Gasteiger partial charge in [-0.1, -0.05) is 39.0 Å². The van der Waals surface area contributed by atoms with Crippen LogP contribution in [0.25, 0.3) is 0 Å². The first-order valence-corrected chi connectivity index (χ1v) is 10.9. The van der Waals surface area contributed by atoms with Crippen LogP contribution < -0.4 is 0 Å². The van der Waals surface area contributed by atoms with Gasteiger partial charge >= 0.3 is 5.97 Å². The maximum Gasteiger partial charge on any atom is 0.372 e. The van der Waals surface area contributed by atoms with Gasteiger partial charge in [0, 0.05) is 6.42 Å². The van der Waals surface area contributed by atoms with Crippen molar-refractivity contribution in [2.24, 2.45) is 40.4 Å². The van der Waals surface area contributed by atoms with Crippen molar-refractivity contribution < 1.29 is 14.7 Å². The van der Waals surface area contributed by atoms with Gasteiger partial charge in [0.05, 0.1) is 0 Å². The van der Waals surface area contributed by atoms with Crippen LogP contribution in [0, 0.1) is 40.4 Å². The molecule has 4 aliphatic carbocycles. The summed E-state index contributed by atoms with van der Waals surface area (Å²) in [5.74, 6) is 0.818. The molecule has 1 N–H and O–H groups in total. The summed E-state index contributed by atoms with van der Waals surface area (Å²) in [6.45, 7) is 7.04. The number of rotatable bonds is 4. The van der Waals surface area contributed by atoms with E-state index in [4.69, 9.17) is 5.11 Å². The smallest absolute Gasteiger partial charge is 0.372 e. The Labute approximate surface area is 163 Å². The van der Waals surface area contributed by atoms with Gasteiger partial charge in [0.1, 0.15) is 0 Å². The third kappa shape index (κ3) is 2.84. The van der Waals surface area contributed by atoms with Gasteiger partial charge < -0.3 is 5.11 Å². The highest BCUT2D eigenvalue weighted by Crippen LogP contribution is 2.66. The second-order valence-electron chi connectivity index (χ2n) is 10.3. The van der Waals surface area contributed by atoms with Crippen molar-refractivity contribution in [2.75, 3.05) is 0 Å². The highest BCUT2D eigenvalue weighted by molar-refractivity contribution is 6.32. The fourth-order valence-corrected chi connectivity index (χ4v) is 7.68. The van der Waals surface area contributed by atoms with Crippen LogP contribution in [-0.4, -0.2) is 16.9 Å². The van der Waals surface area contributed by atoms with E-state index >= 15 is 0 Å². The van der Waals surface area contributed by atoms with Crippen LogP contribution in [0.3, 0.4) is 0 Å². The van der Waals surface area contributed by atoms with Crippen LogP contribution in [0.2, 0.25) is 0 Å². The van der Waals surface area contributed by atoms with E-state index in [0.29, 0.717) is 23.2 Å². The Morgan fingerprint density at radius 3 is 2.70 bits per heavy atom. The largest absolute Gasteiger partial charge is 0.476 e. The highest BCUT2D eigenvalue weighted by atomic mass is 16.4. The number of hydrogen-bond donors (Lipinski definition) is 1. The predicted molar refractivity (Wildman–Crippen MR) is 106 cm³/mol. The molecule has 27 heavy (non-hydrogen) atoms. The van der Waals surface area contributed by atoms with Gasteiger partial charge in [0.2, 0.25) is 5.78 Å². The van der Waals surface area contributed by atoms with E-state index in [2.05, 4.69) is 39.0 Å². The van der Waals surface area contributed by atoms with Crippen molar-refractivity contribution in [3.8, 4) is 0 Å². The van der Waals surface area contributed by atoms with Crippen LogP contribution in [0.5, 0.6) is 0 Å². The van der Waals surface area contributed by atoms with Gasteiger partial charge in [0.25, 0.3) is 0 Å². The molecule has 0 radical (unpaired) electrons. The minimum Gasteiger partial charge on any atom is -0.476 e. The summed E-state index contributed by atoms with van der Waals surface area (Å²) in [6.07, 6.45) is 16.3. The molecule has 0 spiro atoms. The zero-order valence-corrected chi connectivity index (χ0v) is 17.0. The van der Waals surface area contributed by atoms with Gasteiger partial charge in [0.15, 0.2) is 0 Å². The summed E-state index contributed by atoms with van der Waals surface area (Å²) in [6, 6.07) is 0. The standard InChI is InChI=1S/C24H34O3/c1-15(14-21(25)22(26)27)18-9-10-19-17-8-7-16-6-4-5-12-23(16,2)20(17)11-13-24(18,19)3/h6-8,15,17-20H,4-5,9-14H2,1-3H3,(H,26,27)/t15-,17+,18-,19+,20+,23+,24-/m1/s1. The first-order valence-electron chi connectivity index (χ1n) is 10.9. The Morgan fingerprint density at radius 1 is 1.19 bits per heavy atom. The lowest BCUT2D eigenvalue weighted by Gasteiger charge is -2.56. The summed E-state index contributed by atoms with van der Waals surface area (Å²) in [4.78, 5) is 22.8. The Bertz CT molecular complexity index is 704. The lowest BCUT2D eigenvalue weighted by molar-refractivity contribution is -0.149. The summed E-state index contributed by atoms with van der Waals surface area (Å²) in [5, 5.41) is 9.00. The number of carbonyl (C=O) groups excluding carboxylic acids is 1. The highest BCUT2D eigenvalue weighted by Gasteiger charge is 2.58. The molecule has 0 unspecified atom stereocenters. The normalized spacial score (nSPS) is 43.9. The molecular weight excluding hydrogens is 336 g/mol. The molecular formula is C24H34O3. The Morgan fingerprint density at radius 2 is 1.96 bits per heavy atom. The Kier molecular flexibility index (Phi) is 4.63. The Balaban J connectivity index is 1.58. The van der Waals surface area contributed by atoms with Gasteiger partial charge in [-0.25, -0.2) is 4.79 Å². The molecule has 2 fully saturated rings. The molecule has 2 saturated carbocycles. The molecule has 3 heteroatoms. The number of hydrogen-bond acceptors (Lipinski definition) is 2. The number of fused-ring (bicyclic) bond motifs is 5. The molecule has 0 aromatic carbocycles. The van der Waals surface area contributed by atoms with Crippen molar-refractivity contribution in [1.82, 2.24) is 0 Å². The fourth-order valence-electron chi connectivity index (χ4n) is 7.68. The average Bonchev–Trinajstić information content (AvgIpc) is 2.98. The number of carboxylic acids is 1.